The summed E-state index contributed by atoms with van der Waals surface area (Å²) in [5.41, 5.74) is 3.90. The Morgan fingerprint density at radius 2 is 1.35 bits per heavy atom. The van der Waals surface area contributed by atoms with Gasteiger partial charge < -0.3 is 0 Å². The van der Waals surface area contributed by atoms with Crippen LogP contribution in [0.25, 0.3) is 0 Å². The molecule has 2 aromatic carbocycles. The number of para-hydroxylation sites is 1. The van der Waals surface area contributed by atoms with E-state index >= 15 is 0 Å². The quantitative estimate of drug-likeness (QED) is 0.862. The molecule has 20 heavy (non-hydrogen) atoms. The molecule has 0 saturated carbocycles. The van der Waals surface area contributed by atoms with Gasteiger partial charge in [-0.1, -0.05) is 41.4 Å². The lowest BCUT2D eigenvalue weighted by Gasteiger charge is -2.16. The summed E-state index contributed by atoms with van der Waals surface area (Å²) in [7, 11) is 0. The molecule has 0 aromatic heterocycles. The molecule has 4 nitrogen and oxygen atoms in total. The van der Waals surface area contributed by atoms with Crippen molar-refractivity contribution < 1.29 is 9.59 Å². The first-order chi connectivity index (χ1) is 9.58. The van der Waals surface area contributed by atoms with Gasteiger partial charge in [-0.15, -0.1) is 0 Å². The predicted octanol–water partition coefficient (Wildman–Crippen LogP) is 3.62. The van der Waals surface area contributed by atoms with Gasteiger partial charge in [-0.05, 0) is 24.3 Å². The molecule has 0 unspecified atom stereocenters. The number of carbonyl (C=O) groups excluding carboxylic acids is 2. The zero-order valence-electron chi connectivity index (χ0n) is 10.1. The summed E-state index contributed by atoms with van der Waals surface area (Å²) in [5, 5.41) is 1.44. The first-order valence-electron chi connectivity index (χ1n) is 5.77. The summed E-state index contributed by atoms with van der Waals surface area (Å²) in [4.78, 5) is 24.4. The van der Waals surface area contributed by atoms with E-state index in [0.717, 1.165) is 5.01 Å². The van der Waals surface area contributed by atoms with Crippen LogP contribution in [0, 0.1) is 0 Å². The maximum absolute atomic E-state index is 12.2. The summed E-state index contributed by atoms with van der Waals surface area (Å²) < 4.78 is 0. The molecule has 3 rings (SSSR count). The third-order valence-corrected chi connectivity index (χ3v) is 3.66. The Kier molecular flexibility index (Phi) is 3.12. The van der Waals surface area contributed by atoms with Crippen molar-refractivity contribution in [3.05, 3.63) is 63.6 Å². The molecule has 6 heteroatoms. The van der Waals surface area contributed by atoms with Crippen LogP contribution in [0.2, 0.25) is 10.0 Å². The van der Waals surface area contributed by atoms with Crippen LogP contribution in [-0.4, -0.2) is 16.8 Å². The molecule has 0 radical (unpaired) electrons. The van der Waals surface area contributed by atoms with E-state index in [1.807, 2.05) is 6.07 Å². The summed E-state index contributed by atoms with van der Waals surface area (Å²) in [5.74, 6) is -0.903. The van der Waals surface area contributed by atoms with Crippen molar-refractivity contribution in [1.29, 1.82) is 0 Å². The van der Waals surface area contributed by atoms with Gasteiger partial charge in [-0.3, -0.25) is 15.0 Å². The van der Waals surface area contributed by atoms with Crippen molar-refractivity contribution in [3.8, 4) is 0 Å². The van der Waals surface area contributed by atoms with Crippen LogP contribution in [0.1, 0.15) is 20.7 Å². The highest BCUT2D eigenvalue weighted by molar-refractivity contribution is 6.43. The van der Waals surface area contributed by atoms with Crippen molar-refractivity contribution in [1.82, 2.24) is 5.01 Å². The maximum Gasteiger partial charge on any atom is 0.280 e. The number of benzene rings is 2. The molecule has 1 aliphatic rings. The number of carbonyl (C=O) groups is 2. The molecule has 0 fully saturated rings. The third kappa shape index (κ3) is 2.03. The number of hydrazine groups is 1. The minimum absolute atomic E-state index is 0.243. The average Bonchev–Trinajstić information content (AvgIpc) is 2.66. The largest absolute Gasteiger partial charge is 0.288 e. The van der Waals surface area contributed by atoms with Crippen LogP contribution in [0.4, 0.5) is 5.69 Å². The van der Waals surface area contributed by atoms with Gasteiger partial charge in [-0.25, -0.2) is 0 Å². The number of amides is 2. The van der Waals surface area contributed by atoms with E-state index in [4.69, 9.17) is 23.2 Å². The summed E-state index contributed by atoms with van der Waals surface area (Å²) in [6.45, 7) is 0. The van der Waals surface area contributed by atoms with Crippen molar-refractivity contribution in [2.75, 3.05) is 5.43 Å². The molecule has 0 atom stereocenters. The molecule has 0 bridgehead atoms. The zero-order chi connectivity index (χ0) is 14.3. The van der Waals surface area contributed by atoms with Crippen LogP contribution in [0.5, 0.6) is 0 Å². The lowest BCUT2D eigenvalue weighted by molar-refractivity contribution is 0.0691. The van der Waals surface area contributed by atoms with Crippen molar-refractivity contribution in [3.63, 3.8) is 0 Å². The van der Waals surface area contributed by atoms with E-state index < -0.39 is 11.8 Å². The Morgan fingerprint density at radius 1 is 0.850 bits per heavy atom. The van der Waals surface area contributed by atoms with E-state index in [2.05, 4.69) is 5.43 Å². The number of rotatable bonds is 2. The Hall–Kier alpha value is -2.04. The number of nitrogens with zero attached hydrogens (tertiary/aromatic N) is 1. The molecule has 2 amide bonds. The average molecular weight is 307 g/mol. The first kappa shape index (κ1) is 13.0. The van der Waals surface area contributed by atoms with Crippen LogP contribution < -0.4 is 5.43 Å². The van der Waals surface area contributed by atoms with Crippen molar-refractivity contribution >= 4 is 40.7 Å². The molecule has 2 aromatic rings. The van der Waals surface area contributed by atoms with Crippen LogP contribution in [0.15, 0.2) is 42.5 Å². The Bertz CT molecular complexity index is 676. The van der Waals surface area contributed by atoms with Crippen molar-refractivity contribution in [2.24, 2.45) is 0 Å². The lowest BCUT2D eigenvalue weighted by Crippen LogP contribution is -2.35. The van der Waals surface area contributed by atoms with Gasteiger partial charge in [0.1, 0.15) is 0 Å². The molecule has 100 valence electrons. The van der Waals surface area contributed by atoms with Gasteiger partial charge in [0.2, 0.25) is 0 Å². The Labute approximate surface area is 124 Å². The SMILES string of the molecule is O=C1c2cc(Cl)c(Cl)cc2C(=O)N1Nc1ccccc1. The molecule has 0 aliphatic carbocycles. The fourth-order valence-electron chi connectivity index (χ4n) is 1.98. The lowest BCUT2D eigenvalue weighted by atomic mass is 10.1. The molecular weight excluding hydrogens is 299 g/mol. The number of anilines is 1. The van der Waals surface area contributed by atoms with E-state index in [0.29, 0.717) is 5.69 Å². The Morgan fingerprint density at radius 3 is 1.85 bits per heavy atom. The van der Waals surface area contributed by atoms with E-state index in [-0.39, 0.29) is 21.2 Å². The highest BCUT2D eigenvalue weighted by Crippen LogP contribution is 2.31. The Balaban J connectivity index is 1.97. The van der Waals surface area contributed by atoms with Crippen molar-refractivity contribution in [2.45, 2.75) is 0 Å². The summed E-state index contributed by atoms with van der Waals surface area (Å²) in [6, 6.07) is 11.8. The molecule has 1 aliphatic heterocycles. The normalized spacial score (nSPS) is 13.6. The van der Waals surface area contributed by atoms with E-state index in [1.165, 1.54) is 12.1 Å². The number of nitrogens with one attached hydrogen (secondary N) is 1. The predicted molar refractivity (Wildman–Crippen MR) is 77.0 cm³/mol. The number of fused-ring (bicyclic) bond motifs is 1. The first-order valence-corrected chi connectivity index (χ1v) is 6.53. The van der Waals surface area contributed by atoms with Gasteiger partial charge in [-0.2, -0.15) is 5.01 Å². The number of imide groups is 1. The summed E-state index contributed by atoms with van der Waals surface area (Å²) in [6.07, 6.45) is 0. The fourth-order valence-corrected chi connectivity index (χ4v) is 2.30. The van der Waals surface area contributed by atoms with Gasteiger partial charge in [0.15, 0.2) is 0 Å². The topological polar surface area (TPSA) is 49.4 Å². The highest BCUT2D eigenvalue weighted by atomic mass is 35.5. The van der Waals surface area contributed by atoms with Gasteiger partial charge in [0.25, 0.3) is 11.8 Å². The van der Waals surface area contributed by atoms with Crippen LogP contribution in [0.3, 0.4) is 0 Å². The third-order valence-electron chi connectivity index (χ3n) is 2.94. The number of hydrogen-bond donors (Lipinski definition) is 1. The number of halogens is 2. The second-order valence-corrected chi connectivity index (χ2v) is 5.05. The molecule has 0 spiro atoms. The number of hydrogen-bond acceptors (Lipinski definition) is 3. The fraction of sp³-hybridized carbons (Fsp3) is 0. The molecule has 1 N–H and O–H groups in total. The molecule has 1 heterocycles. The minimum atomic E-state index is -0.451. The summed E-state index contributed by atoms with van der Waals surface area (Å²) >= 11 is 11.8. The van der Waals surface area contributed by atoms with E-state index in [1.54, 1.807) is 24.3 Å². The van der Waals surface area contributed by atoms with Gasteiger partial charge >= 0.3 is 0 Å². The minimum Gasteiger partial charge on any atom is -0.288 e. The smallest absolute Gasteiger partial charge is 0.280 e. The van der Waals surface area contributed by atoms with E-state index in [9.17, 15) is 9.59 Å². The highest BCUT2D eigenvalue weighted by Gasteiger charge is 2.36. The second kappa shape index (κ2) is 4.81. The van der Waals surface area contributed by atoms with Gasteiger partial charge in [0, 0.05) is 0 Å². The zero-order valence-corrected chi connectivity index (χ0v) is 11.6. The molecule has 0 saturated heterocycles. The van der Waals surface area contributed by atoms with Crippen LogP contribution >= 0.6 is 23.2 Å². The standard InChI is InChI=1S/C14H8Cl2N2O2/c15-11-6-9-10(7-12(11)16)14(20)18(13(9)19)17-8-4-2-1-3-5-8/h1-7,17H. The monoisotopic (exact) mass is 306 g/mol. The maximum atomic E-state index is 12.2. The van der Waals surface area contributed by atoms with Gasteiger partial charge in [0.05, 0.1) is 26.9 Å². The molecular formula is C14H8Cl2N2O2. The van der Waals surface area contributed by atoms with Crippen LogP contribution in [-0.2, 0) is 0 Å². The second-order valence-electron chi connectivity index (χ2n) is 4.24.